The van der Waals surface area contributed by atoms with Crippen molar-refractivity contribution in [2.75, 3.05) is 22.6 Å². The fourth-order valence-corrected chi connectivity index (χ4v) is 5.75. The molecule has 2 rings (SSSR count). The van der Waals surface area contributed by atoms with E-state index in [0.29, 0.717) is 18.6 Å². The first kappa shape index (κ1) is 20.9. The SMILES string of the molecule is O=C(CS[C@H]1CCS(=O)(=O)C1)Nc1cc(C(F)(F)F)cc(C(F)(F)F)c1. The fourth-order valence-electron chi connectivity index (χ4n) is 2.31. The molecule has 0 saturated carbocycles. The van der Waals surface area contributed by atoms with E-state index >= 15 is 0 Å². The Hall–Kier alpha value is -1.43. The fraction of sp³-hybridized carbons (Fsp3) is 0.500. The lowest BCUT2D eigenvalue weighted by Gasteiger charge is -2.15. The van der Waals surface area contributed by atoms with E-state index in [0.717, 1.165) is 11.8 Å². The lowest BCUT2D eigenvalue weighted by atomic mass is 10.1. The van der Waals surface area contributed by atoms with Crippen molar-refractivity contribution in [1.82, 2.24) is 0 Å². The van der Waals surface area contributed by atoms with E-state index < -0.39 is 44.9 Å². The topological polar surface area (TPSA) is 63.2 Å². The summed E-state index contributed by atoms with van der Waals surface area (Å²) in [4.78, 5) is 11.8. The van der Waals surface area contributed by atoms with Gasteiger partial charge in [0, 0.05) is 10.9 Å². The van der Waals surface area contributed by atoms with Gasteiger partial charge in [0.15, 0.2) is 9.84 Å². The van der Waals surface area contributed by atoms with Crippen molar-refractivity contribution in [2.45, 2.75) is 24.0 Å². The van der Waals surface area contributed by atoms with Crippen LogP contribution in [0.2, 0.25) is 0 Å². The Morgan fingerprint density at radius 2 is 1.62 bits per heavy atom. The summed E-state index contributed by atoms with van der Waals surface area (Å²) in [7, 11) is -3.15. The van der Waals surface area contributed by atoms with E-state index in [1.807, 2.05) is 5.32 Å². The van der Waals surface area contributed by atoms with Crippen LogP contribution >= 0.6 is 11.8 Å². The van der Waals surface area contributed by atoms with Gasteiger partial charge >= 0.3 is 12.4 Å². The maximum atomic E-state index is 12.8. The minimum Gasteiger partial charge on any atom is -0.325 e. The van der Waals surface area contributed by atoms with Crippen LogP contribution < -0.4 is 5.32 Å². The number of halogens is 6. The summed E-state index contributed by atoms with van der Waals surface area (Å²) in [5, 5.41) is 1.68. The Morgan fingerprint density at radius 1 is 1.08 bits per heavy atom. The molecule has 1 saturated heterocycles. The van der Waals surface area contributed by atoms with Crippen LogP contribution in [0.5, 0.6) is 0 Å². The Labute approximate surface area is 149 Å². The Bertz CT molecular complexity index is 757. The van der Waals surface area contributed by atoms with Crippen molar-refractivity contribution >= 4 is 33.2 Å². The molecule has 1 heterocycles. The monoisotopic (exact) mass is 421 g/mol. The lowest BCUT2D eigenvalue weighted by molar-refractivity contribution is -0.143. The number of alkyl halides is 6. The van der Waals surface area contributed by atoms with E-state index in [9.17, 15) is 39.6 Å². The molecule has 0 unspecified atom stereocenters. The van der Waals surface area contributed by atoms with Crippen LogP contribution in [-0.4, -0.2) is 36.8 Å². The van der Waals surface area contributed by atoms with Gasteiger partial charge in [-0.25, -0.2) is 8.42 Å². The normalized spacial score (nSPS) is 20.2. The van der Waals surface area contributed by atoms with Gasteiger partial charge in [-0.15, -0.1) is 11.8 Å². The second-order valence-corrected chi connectivity index (χ2v) is 9.20. The smallest absolute Gasteiger partial charge is 0.325 e. The highest BCUT2D eigenvalue weighted by atomic mass is 32.2. The van der Waals surface area contributed by atoms with E-state index in [2.05, 4.69) is 0 Å². The van der Waals surface area contributed by atoms with Gasteiger partial charge < -0.3 is 5.32 Å². The first-order valence-electron chi connectivity index (χ1n) is 7.18. The molecule has 1 atom stereocenters. The molecule has 1 N–H and O–H groups in total. The average molecular weight is 421 g/mol. The molecule has 0 aromatic heterocycles. The van der Waals surface area contributed by atoms with Gasteiger partial charge in [-0.3, -0.25) is 4.79 Å². The second-order valence-electron chi connectivity index (χ2n) is 5.68. The van der Waals surface area contributed by atoms with Gasteiger partial charge in [-0.05, 0) is 24.6 Å². The minimum absolute atomic E-state index is 0.00510. The van der Waals surface area contributed by atoms with Crippen LogP contribution in [-0.2, 0) is 27.0 Å². The van der Waals surface area contributed by atoms with E-state index in [-0.39, 0.29) is 28.6 Å². The Kier molecular flexibility index (Phi) is 5.86. The summed E-state index contributed by atoms with van der Waals surface area (Å²) < 4.78 is 99.2. The highest BCUT2D eigenvalue weighted by molar-refractivity contribution is 8.02. The average Bonchev–Trinajstić information content (AvgIpc) is 2.82. The van der Waals surface area contributed by atoms with E-state index in [4.69, 9.17) is 0 Å². The molecule has 1 aromatic carbocycles. The van der Waals surface area contributed by atoms with Gasteiger partial charge in [0.1, 0.15) is 0 Å². The number of hydrogen-bond acceptors (Lipinski definition) is 4. The van der Waals surface area contributed by atoms with Crippen molar-refractivity contribution < 1.29 is 39.6 Å². The first-order chi connectivity index (χ1) is 11.8. The highest BCUT2D eigenvalue weighted by Crippen LogP contribution is 2.37. The first-order valence-corrected chi connectivity index (χ1v) is 10.0. The summed E-state index contributed by atoms with van der Waals surface area (Å²) in [6.07, 6.45) is -9.66. The molecular weight excluding hydrogens is 408 g/mol. The molecular formula is C14H13F6NO3S2. The zero-order valence-corrected chi connectivity index (χ0v) is 14.6. The number of nitrogens with one attached hydrogen (secondary N) is 1. The molecule has 0 bridgehead atoms. The number of amides is 1. The van der Waals surface area contributed by atoms with Crippen LogP contribution in [0.1, 0.15) is 17.5 Å². The van der Waals surface area contributed by atoms with Crippen LogP contribution in [0.15, 0.2) is 18.2 Å². The largest absolute Gasteiger partial charge is 0.416 e. The van der Waals surface area contributed by atoms with Gasteiger partial charge in [0.2, 0.25) is 5.91 Å². The van der Waals surface area contributed by atoms with Crippen molar-refractivity contribution in [3.8, 4) is 0 Å². The van der Waals surface area contributed by atoms with Crippen LogP contribution in [0.25, 0.3) is 0 Å². The van der Waals surface area contributed by atoms with Crippen molar-refractivity contribution in [2.24, 2.45) is 0 Å². The molecule has 146 valence electrons. The van der Waals surface area contributed by atoms with E-state index in [1.165, 1.54) is 0 Å². The van der Waals surface area contributed by atoms with Crippen LogP contribution in [0.4, 0.5) is 32.0 Å². The number of sulfone groups is 1. The van der Waals surface area contributed by atoms with Gasteiger partial charge in [0.25, 0.3) is 0 Å². The molecule has 0 aliphatic carbocycles. The summed E-state index contributed by atoms with van der Waals surface area (Å²) in [6.45, 7) is 0. The number of thioether (sulfide) groups is 1. The minimum atomic E-state index is -5.01. The maximum Gasteiger partial charge on any atom is 0.416 e. The molecule has 0 spiro atoms. The quantitative estimate of drug-likeness (QED) is 0.755. The molecule has 1 fully saturated rings. The number of rotatable bonds is 4. The van der Waals surface area contributed by atoms with E-state index in [1.54, 1.807) is 0 Å². The number of carbonyl (C=O) groups excluding carboxylic acids is 1. The lowest BCUT2D eigenvalue weighted by Crippen LogP contribution is -2.19. The molecule has 26 heavy (non-hydrogen) atoms. The zero-order valence-electron chi connectivity index (χ0n) is 12.9. The molecule has 4 nitrogen and oxygen atoms in total. The zero-order chi connectivity index (χ0) is 19.8. The third kappa shape index (κ3) is 5.79. The second kappa shape index (κ2) is 7.29. The number of benzene rings is 1. The predicted molar refractivity (Wildman–Crippen MR) is 84.6 cm³/mol. The standard InChI is InChI=1S/C14H13F6NO3S2/c15-13(16,17)8-3-9(14(18,19)20)5-10(4-8)21-12(22)6-25-11-1-2-26(23,24)7-11/h3-5,11H,1-2,6-7H2,(H,21,22)/t11-/m0/s1. The molecule has 1 aliphatic rings. The molecule has 1 amide bonds. The van der Waals surface area contributed by atoms with Crippen LogP contribution in [0.3, 0.4) is 0 Å². The number of carbonyl (C=O) groups is 1. The Morgan fingerprint density at radius 3 is 2.04 bits per heavy atom. The van der Waals surface area contributed by atoms with Crippen molar-refractivity contribution in [3.05, 3.63) is 29.3 Å². The Balaban J connectivity index is 2.09. The summed E-state index contributed by atoms with van der Waals surface area (Å²) >= 11 is 0.998. The summed E-state index contributed by atoms with van der Waals surface area (Å²) in [5.74, 6) is -1.20. The number of hydrogen-bond donors (Lipinski definition) is 1. The summed E-state index contributed by atoms with van der Waals surface area (Å²) in [6, 6.07) is 0.795. The predicted octanol–water partition coefficient (Wildman–Crippen LogP) is 3.58. The number of anilines is 1. The molecule has 12 heteroatoms. The van der Waals surface area contributed by atoms with Crippen molar-refractivity contribution in [1.29, 1.82) is 0 Å². The van der Waals surface area contributed by atoms with Gasteiger partial charge in [-0.1, -0.05) is 0 Å². The maximum absolute atomic E-state index is 12.8. The third-order valence-corrected chi connectivity index (χ3v) is 6.79. The molecule has 1 aromatic rings. The van der Waals surface area contributed by atoms with Gasteiger partial charge in [-0.2, -0.15) is 26.3 Å². The molecule has 1 aliphatic heterocycles. The van der Waals surface area contributed by atoms with Gasteiger partial charge in [0.05, 0.1) is 28.4 Å². The highest BCUT2D eigenvalue weighted by Gasteiger charge is 2.37. The molecule has 0 radical (unpaired) electrons. The summed E-state index contributed by atoms with van der Waals surface area (Å²) in [5.41, 5.74) is -3.69. The van der Waals surface area contributed by atoms with Crippen LogP contribution in [0, 0.1) is 0 Å². The van der Waals surface area contributed by atoms with Crippen molar-refractivity contribution in [3.63, 3.8) is 0 Å². The third-order valence-electron chi connectivity index (χ3n) is 3.51.